The van der Waals surface area contributed by atoms with Crippen molar-refractivity contribution in [2.75, 3.05) is 5.32 Å². The fourth-order valence-electron chi connectivity index (χ4n) is 1.51. The molecule has 0 aliphatic heterocycles. The molecule has 0 saturated carbocycles. The van der Waals surface area contributed by atoms with Crippen LogP contribution in [0.1, 0.15) is 5.56 Å². The van der Waals surface area contributed by atoms with E-state index in [1.165, 1.54) is 18.3 Å². The van der Waals surface area contributed by atoms with Crippen molar-refractivity contribution in [3.8, 4) is 0 Å². The zero-order chi connectivity index (χ0) is 13.8. The van der Waals surface area contributed by atoms with Crippen LogP contribution in [0.5, 0.6) is 0 Å². The molecule has 0 unspecified atom stereocenters. The van der Waals surface area contributed by atoms with Gasteiger partial charge in [-0.3, -0.25) is 9.59 Å². The van der Waals surface area contributed by atoms with Gasteiger partial charge in [-0.25, -0.2) is 4.68 Å². The molecule has 0 spiro atoms. The highest BCUT2D eigenvalue weighted by Gasteiger charge is 2.06. The van der Waals surface area contributed by atoms with E-state index in [9.17, 15) is 9.59 Å². The second-order valence-corrected chi connectivity index (χ2v) is 4.44. The third kappa shape index (κ3) is 3.42. The van der Waals surface area contributed by atoms with Gasteiger partial charge >= 0.3 is 0 Å². The second kappa shape index (κ2) is 5.67. The van der Waals surface area contributed by atoms with Crippen molar-refractivity contribution in [1.82, 2.24) is 9.78 Å². The van der Waals surface area contributed by atoms with Crippen LogP contribution in [0.15, 0.2) is 41.3 Å². The Labute approximate surface area is 114 Å². The van der Waals surface area contributed by atoms with Crippen LogP contribution >= 0.6 is 11.6 Å². The lowest BCUT2D eigenvalue weighted by atomic mass is 10.2. The number of rotatable bonds is 3. The summed E-state index contributed by atoms with van der Waals surface area (Å²) < 4.78 is 1.09. The molecule has 1 aromatic heterocycles. The number of carbonyl (C=O) groups excluding carboxylic acids is 1. The Morgan fingerprint density at radius 3 is 2.89 bits per heavy atom. The Morgan fingerprint density at radius 2 is 2.21 bits per heavy atom. The van der Waals surface area contributed by atoms with Gasteiger partial charge in [-0.05, 0) is 30.7 Å². The molecule has 1 amide bonds. The standard InChI is InChI=1S/C13H12ClN3O2/c1-9-4-5-10(7-11(9)14)16-12(18)8-17-13(19)3-2-6-15-17/h2-7H,8H2,1H3,(H,16,18). The van der Waals surface area contributed by atoms with Gasteiger partial charge in [0.15, 0.2) is 0 Å². The average molecular weight is 278 g/mol. The van der Waals surface area contributed by atoms with Crippen molar-refractivity contribution in [1.29, 1.82) is 0 Å². The van der Waals surface area contributed by atoms with E-state index in [2.05, 4.69) is 10.4 Å². The quantitative estimate of drug-likeness (QED) is 0.931. The van der Waals surface area contributed by atoms with Crippen LogP contribution in [0.2, 0.25) is 5.02 Å². The molecule has 2 aromatic rings. The van der Waals surface area contributed by atoms with Gasteiger partial charge in [0.05, 0.1) is 0 Å². The Kier molecular flexibility index (Phi) is 3.97. The van der Waals surface area contributed by atoms with E-state index in [1.807, 2.05) is 13.0 Å². The third-order valence-corrected chi connectivity index (χ3v) is 2.94. The van der Waals surface area contributed by atoms with Gasteiger partial charge in [0.25, 0.3) is 5.56 Å². The smallest absolute Gasteiger partial charge is 0.267 e. The molecule has 19 heavy (non-hydrogen) atoms. The maximum absolute atomic E-state index is 11.8. The molecule has 0 aliphatic carbocycles. The molecule has 1 heterocycles. The SMILES string of the molecule is Cc1ccc(NC(=O)Cn2ncccc2=O)cc1Cl. The van der Waals surface area contributed by atoms with Crippen LogP contribution in [0.25, 0.3) is 0 Å². The molecular formula is C13H12ClN3O2. The molecule has 0 bridgehead atoms. The molecule has 1 N–H and O–H groups in total. The van der Waals surface area contributed by atoms with Gasteiger partial charge in [0, 0.05) is 23.0 Å². The van der Waals surface area contributed by atoms with E-state index < -0.39 is 0 Å². The zero-order valence-corrected chi connectivity index (χ0v) is 11.0. The molecule has 1 aromatic carbocycles. The first-order valence-corrected chi connectivity index (χ1v) is 6.02. The highest BCUT2D eigenvalue weighted by molar-refractivity contribution is 6.31. The van der Waals surface area contributed by atoms with E-state index in [-0.39, 0.29) is 18.0 Å². The minimum absolute atomic E-state index is 0.134. The van der Waals surface area contributed by atoms with Gasteiger partial charge in [-0.15, -0.1) is 0 Å². The van der Waals surface area contributed by atoms with Crippen LogP contribution in [-0.4, -0.2) is 15.7 Å². The number of aromatic nitrogens is 2. The van der Waals surface area contributed by atoms with Gasteiger partial charge in [-0.1, -0.05) is 17.7 Å². The molecular weight excluding hydrogens is 266 g/mol. The molecule has 0 aliphatic rings. The number of halogens is 1. The minimum Gasteiger partial charge on any atom is -0.324 e. The fraction of sp³-hybridized carbons (Fsp3) is 0.154. The normalized spacial score (nSPS) is 10.2. The number of benzene rings is 1. The molecule has 2 rings (SSSR count). The fourth-order valence-corrected chi connectivity index (χ4v) is 1.69. The summed E-state index contributed by atoms with van der Waals surface area (Å²) in [5.41, 5.74) is 1.20. The lowest BCUT2D eigenvalue weighted by Crippen LogP contribution is -2.28. The Bertz CT molecular complexity index is 667. The number of hydrogen-bond donors (Lipinski definition) is 1. The van der Waals surface area contributed by atoms with E-state index in [4.69, 9.17) is 11.6 Å². The Hall–Kier alpha value is -2.14. The first-order valence-electron chi connectivity index (χ1n) is 5.64. The van der Waals surface area contributed by atoms with Crippen molar-refractivity contribution in [2.45, 2.75) is 13.5 Å². The summed E-state index contributed by atoms with van der Waals surface area (Å²) in [7, 11) is 0. The van der Waals surface area contributed by atoms with Gasteiger partial charge in [0.1, 0.15) is 6.54 Å². The zero-order valence-electron chi connectivity index (χ0n) is 10.3. The largest absolute Gasteiger partial charge is 0.324 e. The monoisotopic (exact) mass is 277 g/mol. The van der Waals surface area contributed by atoms with Crippen molar-refractivity contribution >= 4 is 23.2 Å². The topological polar surface area (TPSA) is 64.0 Å². The van der Waals surface area contributed by atoms with Crippen LogP contribution in [0.3, 0.4) is 0 Å². The summed E-state index contributed by atoms with van der Waals surface area (Å²) in [5.74, 6) is -0.333. The summed E-state index contributed by atoms with van der Waals surface area (Å²) in [6, 6.07) is 8.10. The second-order valence-electron chi connectivity index (χ2n) is 4.03. The van der Waals surface area contributed by atoms with Crippen LogP contribution < -0.4 is 10.9 Å². The summed E-state index contributed by atoms with van der Waals surface area (Å²) in [4.78, 5) is 23.2. The minimum atomic E-state index is -0.333. The highest BCUT2D eigenvalue weighted by Crippen LogP contribution is 2.19. The number of hydrogen-bond acceptors (Lipinski definition) is 3. The average Bonchev–Trinajstić information content (AvgIpc) is 2.37. The van der Waals surface area contributed by atoms with Gasteiger partial charge in [-0.2, -0.15) is 5.10 Å². The number of nitrogens with one attached hydrogen (secondary N) is 1. The first kappa shape index (κ1) is 13.3. The van der Waals surface area contributed by atoms with Gasteiger partial charge < -0.3 is 5.32 Å². The first-order chi connectivity index (χ1) is 9.06. The van der Waals surface area contributed by atoms with Gasteiger partial charge in [0.2, 0.25) is 5.91 Å². The number of nitrogens with zero attached hydrogens (tertiary/aromatic N) is 2. The molecule has 6 heteroatoms. The third-order valence-electron chi connectivity index (χ3n) is 2.53. The molecule has 98 valence electrons. The number of carbonyl (C=O) groups is 1. The molecule has 0 saturated heterocycles. The lowest BCUT2D eigenvalue weighted by molar-refractivity contribution is -0.117. The molecule has 5 nitrogen and oxygen atoms in total. The van der Waals surface area contributed by atoms with E-state index in [0.29, 0.717) is 10.7 Å². The summed E-state index contributed by atoms with van der Waals surface area (Å²) in [6.45, 7) is 1.74. The van der Waals surface area contributed by atoms with Crippen molar-refractivity contribution in [2.24, 2.45) is 0 Å². The van der Waals surface area contributed by atoms with Crippen LogP contribution in [-0.2, 0) is 11.3 Å². The molecule has 0 radical (unpaired) electrons. The molecule has 0 fully saturated rings. The Balaban J connectivity index is 2.08. The Morgan fingerprint density at radius 1 is 1.42 bits per heavy atom. The van der Waals surface area contributed by atoms with Crippen molar-refractivity contribution in [3.63, 3.8) is 0 Å². The van der Waals surface area contributed by atoms with Crippen LogP contribution in [0.4, 0.5) is 5.69 Å². The highest BCUT2D eigenvalue weighted by atomic mass is 35.5. The predicted octanol–water partition coefficient (Wildman–Crippen LogP) is 1.84. The van der Waals surface area contributed by atoms with Crippen LogP contribution in [0, 0.1) is 6.92 Å². The predicted molar refractivity (Wildman–Crippen MR) is 73.3 cm³/mol. The number of amides is 1. The maximum Gasteiger partial charge on any atom is 0.267 e. The van der Waals surface area contributed by atoms with E-state index in [0.717, 1.165) is 10.2 Å². The number of anilines is 1. The maximum atomic E-state index is 11.8. The lowest BCUT2D eigenvalue weighted by Gasteiger charge is -2.07. The summed E-state index contributed by atoms with van der Waals surface area (Å²) in [5, 5.41) is 7.05. The van der Waals surface area contributed by atoms with E-state index >= 15 is 0 Å². The molecule has 0 atom stereocenters. The van der Waals surface area contributed by atoms with Crippen molar-refractivity contribution < 1.29 is 4.79 Å². The van der Waals surface area contributed by atoms with Crippen molar-refractivity contribution in [3.05, 3.63) is 57.5 Å². The summed E-state index contributed by atoms with van der Waals surface area (Å²) in [6.07, 6.45) is 1.46. The number of aryl methyl sites for hydroxylation is 1. The summed E-state index contributed by atoms with van der Waals surface area (Å²) >= 11 is 5.96. The van der Waals surface area contributed by atoms with E-state index in [1.54, 1.807) is 12.1 Å².